The Hall–Kier alpha value is -2.33. The van der Waals surface area contributed by atoms with Crippen LogP contribution in [-0.4, -0.2) is 71.0 Å². The molecule has 0 fully saturated rings. The second kappa shape index (κ2) is 16.6. The smallest absolute Gasteiger partial charge is 0.408 e. The van der Waals surface area contributed by atoms with Crippen molar-refractivity contribution in [2.75, 3.05) is 18.9 Å². The number of nitriles is 1. The van der Waals surface area contributed by atoms with Gasteiger partial charge in [-0.3, -0.25) is 4.79 Å². The molecule has 0 bridgehead atoms. The van der Waals surface area contributed by atoms with E-state index in [2.05, 4.69) is 36.7 Å². The van der Waals surface area contributed by atoms with Crippen LogP contribution in [0, 0.1) is 11.3 Å². The predicted molar refractivity (Wildman–Crippen MR) is 150 cm³/mol. The van der Waals surface area contributed by atoms with Gasteiger partial charge in [-0.1, -0.05) is 42.4 Å². The van der Waals surface area contributed by atoms with E-state index in [1.165, 1.54) is 10.8 Å². The van der Waals surface area contributed by atoms with Gasteiger partial charge < -0.3 is 30.2 Å². The van der Waals surface area contributed by atoms with E-state index in [1.54, 1.807) is 58.4 Å². The predicted octanol–water partition coefficient (Wildman–Crippen LogP) is 4.31. The Labute approximate surface area is 234 Å². The van der Waals surface area contributed by atoms with E-state index in [-0.39, 0.29) is 23.6 Å². The average Bonchev–Trinajstić information content (AvgIpc) is 2.72. The SMILES string of the molecule is CC(C)(C)OC(=O)NC(CSSC(C)(C)C)C(=O)NCCCCC(NC(=O)OC(C)(C)C)C(=O)OCC#N. The van der Waals surface area contributed by atoms with E-state index < -0.39 is 48.0 Å². The molecule has 218 valence electrons. The van der Waals surface area contributed by atoms with Crippen LogP contribution in [0.15, 0.2) is 0 Å². The molecule has 0 aliphatic carbocycles. The van der Waals surface area contributed by atoms with Crippen molar-refractivity contribution in [1.82, 2.24) is 16.0 Å². The Kier molecular flexibility index (Phi) is 15.6. The highest BCUT2D eigenvalue weighted by atomic mass is 33.1. The molecule has 0 aliphatic heterocycles. The summed E-state index contributed by atoms with van der Waals surface area (Å²) < 4.78 is 15.3. The van der Waals surface area contributed by atoms with Gasteiger partial charge in [-0.2, -0.15) is 5.26 Å². The lowest BCUT2D eigenvalue weighted by Gasteiger charge is -2.24. The highest BCUT2D eigenvalue weighted by Gasteiger charge is 2.27. The Bertz CT molecular complexity index is 828. The third kappa shape index (κ3) is 19.7. The summed E-state index contributed by atoms with van der Waals surface area (Å²) in [6, 6.07) is -0.0814. The van der Waals surface area contributed by atoms with Gasteiger partial charge in [0.15, 0.2) is 6.61 Å². The normalized spacial score (nSPS) is 13.4. The zero-order chi connectivity index (χ0) is 29.6. The van der Waals surface area contributed by atoms with Crippen LogP contribution in [0.25, 0.3) is 0 Å². The number of nitrogens with zero attached hydrogens (tertiary/aromatic N) is 1. The molecule has 3 amide bonds. The lowest BCUT2D eigenvalue weighted by atomic mass is 10.1. The van der Waals surface area contributed by atoms with Crippen LogP contribution in [0.1, 0.15) is 81.6 Å². The minimum absolute atomic E-state index is 0.0180. The molecule has 13 heteroatoms. The number of esters is 1. The zero-order valence-corrected chi connectivity index (χ0v) is 25.7. The summed E-state index contributed by atoms with van der Waals surface area (Å²) in [6.07, 6.45) is -0.275. The summed E-state index contributed by atoms with van der Waals surface area (Å²) in [5, 5.41) is 16.6. The number of rotatable bonds is 13. The number of nitrogens with one attached hydrogen (secondary N) is 3. The highest BCUT2D eigenvalue weighted by Crippen LogP contribution is 2.35. The van der Waals surface area contributed by atoms with E-state index in [1.807, 2.05) is 0 Å². The number of amides is 3. The molecular formula is C25H44N4O7S2. The number of alkyl carbamates (subject to hydrolysis) is 2. The van der Waals surface area contributed by atoms with Gasteiger partial charge in [0.1, 0.15) is 29.4 Å². The van der Waals surface area contributed by atoms with Crippen LogP contribution >= 0.6 is 21.6 Å². The van der Waals surface area contributed by atoms with Gasteiger partial charge in [0.2, 0.25) is 5.91 Å². The van der Waals surface area contributed by atoms with Crippen molar-refractivity contribution in [2.45, 2.75) is 110 Å². The van der Waals surface area contributed by atoms with Crippen molar-refractivity contribution in [3.8, 4) is 6.07 Å². The van der Waals surface area contributed by atoms with Crippen molar-refractivity contribution < 1.29 is 33.4 Å². The van der Waals surface area contributed by atoms with Crippen LogP contribution in [-0.2, 0) is 23.8 Å². The van der Waals surface area contributed by atoms with Gasteiger partial charge in [-0.15, -0.1) is 0 Å². The van der Waals surface area contributed by atoms with Crippen LogP contribution in [0.4, 0.5) is 9.59 Å². The Morgan fingerprint density at radius 1 is 0.842 bits per heavy atom. The molecule has 0 saturated carbocycles. The molecule has 3 N–H and O–H groups in total. The first-order valence-corrected chi connectivity index (χ1v) is 14.8. The zero-order valence-electron chi connectivity index (χ0n) is 24.0. The molecule has 0 aromatic carbocycles. The van der Waals surface area contributed by atoms with Crippen molar-refractivity contribution in [1.29, 1.82) is 5.26 Å². The van der Waals surface area contributed by atoms with Crippen molar-refractivity contribution in [2.24, 2.45) is 0 Å². The van der Waals surface area contributed by atoms with E-state index >= 15 is 0 Å². The fourth-order valence-corrected chi connectivity index (χ4v) is 5.09. The lowest BCUT2D eigenvalue weighted by Crippen LogP contribution is -2.49. The van der Waals surface area contributed by atoms with Gasteiger partial charge in [0.25, 0.3) is 0 Å². The molecule has 11 nitrogen and oxygen atoms in total. The van der Waals surface area contributed by atoms with Crippen LogP contribution in [0.2, 0.25) is 0 Å². The van der Waals surface area contributed by atoms with Crippen molar-refractivity contribution in [3.63, 3.8) is 0 Å². The number of carbonyl (C=O) groups is 4. The monoisotopic (exact) mass is 576 g/mol. The number of carbonyl (C=O) groups excluding carboxylic acids is 4. The molecule has 2 unspecified atom stereocenters. The molecule has 0 aromatic heterocycles. The fraction of sp³-hybridized carbons (Fsp3) is 0.800. The molecule has 0 radical (unpaired) electrons. The summed E-state index contributed by atoms with van der Waals surface area (Å²) >= 11 is 0. The molecule has 38 heavy (non-hydrogen) atoms. The molecule has 0 aliphatic rings. The summed E-state index contributed by atoms with van der Waals surface area (Å²) in [7, 11) is 3.09. The lowest BCUT2D eigenvalue weighted by molar-refractivity contribution is -0.145. The minimum atomic E-state index is -0.999. The number of unbranched alkanes of at least 4 members (excludes halogenated alkanes) is 1. The van der Waals surface area contributed by atoms with Crippen molar-refractivity contribution >= 4 is 45.7 Å². The number of hydrogen-bond donors (Lipinski definition) is 3. The molecule has 0 saturated heterocycles. The fourth-order valence-electron chi connectivity index (χ4n) is 2.62. The van der Waals surface area contributed by atoms with E-state index in [0.717, 1.165) is 0 Å². The van der Waals surface area contributed by atoms with E-state index in [9.17, 15) is 19.2 Å². The first kappa shape index (κ1) is 35.7. The third-order valence-corrected chi connectivity index (χ3v) is 7.37. The summed E-state index contributed by atoms with van der Waals surface area (Å²) in [4.78, 5) is 49.5. The highest BCUT2D eigenvalue weighted by molar-refractivity contribution is 8.77. The van der Waals surface area contributed by atoms with Gasteiger partial charge >= 0.3 is 18.2 Å². The third-order valence-electron chi connectivity index (χ3n) is 4.02. The topological polar surface area (TPSA) is 156 Å². The second-order valence-electron chi connectivity index (χ2n) is 11.4. The summed E-state index contributed by atoms with van der Waals surface area (Å²) in [6.45, 7) is 16.4. The first-order valence-electron chi connectivity index (χ1n) is 12.4. The van der Waals surface area contributed by atoms with Crippen LogP contribution in [0.5, 0.6) is 0 Å². The molecule has 0 aromatic rings. The van der Waals surface area contributed by atoms with Gasteiger partial charge in [0, 0.05) is 17.0 Å². The summed E-state index contributed by atoms with van der Waals surface area (Å²) in [5.41, 5.74) is -1.44. The van der Waals surface area contributed by atoms with Gasteiger partial charge in [-0.05, 0) is 60.8 Å². The quantitative estimate of drug-likeness (QED) is 0.125. The molecule has 2 atom stereocenters. The first-order chi connectivity index (χ1) is 17.3. The van der Waals surface area contributed by atoms with E-state index in [0.29, 0.717) is 18.6 Å². The summed E-state index contributed by atoms with van der Waals surface area (Å²) in [5.74, 6) is -0.745. The average molecular weight is 577 g/mol. The van der Waals surface area contributed by atoms with Crippen molar-refractivity contribution in [3.05, 3.63) is 0 Å². The molecular weight excluding hydrogens is 532 g/mol. The van der Waals surface area contributed by atoms with Crippen LogP contribution < -0.4 is 16.0 Å². The molecule has 0 heterocycles. The Morgan fingerprint density at radius 2 is 1.37 bits per heavy atom. The number of hydrogen-bond acceptors (Lipinski definition) is 10. The largest absolute Gasteiger partial charge is 0.449 e. The second-order valence-corrected chi connectivity index (χ2v) is 14.6. The van der Waals surface area contributed by atoms with Gasteiger partial charge in [-0.25, -0.2) is 14.4 Å². The molecule has 0 spiro atoms. The Balaban J connectivity index is 4.93. The molecule has 0 rings (SSSR count). The van der Waals surface area contributed by atoms with Gasteiger partial charge in [0.05, 0.1) is 0 Å². The maximum absolute atomic E-state index is 12.8. The minimum Gasteiger partial charge on any atom is -0.449 e. The maximum atomic E-state index is 12.8. The Morgan fingerprint density at radius 3 is 1.84 bits per heavy atom. The standard InChI is InChI=1S/C25H44N4O7S2/c1-23(2,3)35-21(32)28-17(20(31)34-15-13-26)12-10-11-14-27-19(30)18(16-37-38-25(7,8)9)29-22(33)36-24(4,5)6/h17-18H,10-12,14-16H2,1-9H3,(H,27,30)(H,28,32)(H,29,33). The number of ether oxygens (including phenoxy) is 3. The van der Waals surface area contributed by atoms with E-state index in [4.69, 9.17) is 19.5 Å². The maximum Gasteiger partial charge on any atom is 0.408 e. The van der Waals surface area contributed by atoms with Crippen LogP contribution in [0.3, 0.4) is 0 Å².